The highest BCUT2D eigenvalue weighted by molar-refractivity contribution is 6.17. The number of halogens is 1. The molecule has 0 radical (unpaired) electrons. The summed E-state index contributed by atoms with van der Waals surface area (Å²) in [6, 6.07) is 0. The van der Waals surface area contributed by atoms with Gasteiger partial charge >= 0.3 is 5.97 Å². The molecule has 1 aliphatic carbocycles. The van der Waals surface area contributed by atoms with Gasteiger partial charge in [0.25, 0.3) is 0 Å². The van der Waals surface area contributed by atoms with Crippen molar-refractivity contribution in [2.45, 2.75) is 45.4 Å². The molecule has 1 rings (SSSR count). The minimum Gasteiger partial charge on any atom is -0.465 e. The van der Waals surface area contributed by atoms with Gasteiger partial charge in [-0.05, 0) is 32.6 Å². The first-order valence-electron chi connectivity index (χ1n) is 5.94. The zero-order chi connectivity index (χ0) is 12.0. The number of carbonyl (C=O) groups excluding carboxylic acids is 2. The number of hydrogen-bond donors (Lipinski definition) is 0. The van der Waals surface area contributed by atoms with Gasteiger partial charge in [-0.3, -0.25) is 9.59 Å². The monoisotopic (exact) mass is 246 g/mol. The predicted molar refractivity (Wildman–Crippen MR) is 62.5 cm³/mol. The molecule has 0 amide bonds. The number of ether oxygens (including phenoxy) is 1. The van der Waals surface area contributed by atoms with Gasteiger partial charge < -0.3 is 4.74 Å². The lowest BCUT2D eigenvalue weighted by atomic mass is 9.70. The van der Waals surface area contributed by atoms with E-state index in [1.807, 2.05) is 0 Å². The fraction of sp³-hybridized carbons (Fsp3) is 0.833. The molecule has 1 unspecified atom stereocenters. The van der Waals surface area contributed by atoms with E-state index in [0.29, 0.717) is 38.2 Å². The first-order chi connectivity index (χ1) is 7.67. The summed E-state index contributed by atoms with van der Waals surface area (Å²) in [6.45, 7) is 2.09. The van der Waals surface area contributed by atoms with Crippen LogP contribution in [0.15, 0.2) is 0 Å². The van der Waals surface area contributed by atoms with Gasteiger partial charge in [0, 0.05) is 12.3 Å². The van der Waals surface area contributed by atoms with E-state index in [9.17, 15) is 9.59 Å². The normalized spacial score (nSPS) is 25.5. The number of esters is 1. The van der Waals surface area contributed by atoms with Gasteiger partial charge in [0.1, 0.15) is 11.2 Å². The standard InChI is InChI=1S/C12H19ClO3/c1-2-16-11(15)12(8-5-9-13)7-4-3-6-10(12)14/h2-9H2,1H3. The second-order valence-corrected chi connectivity index (χ2v) is 4.60. The Kier molecular flexibility index (Phi) is 5.26. The van der Waals surface area contributed by atoms with Crippen LogP contribution in [0.1, 0.15) is 45.4 Å². The molecule has 1 fully saturated rings. The number of hydrogen-bond acceptors (Lipinski definition) is 3. The van der Waals surface area contributed by atoms with Crippen LogP contribution < -0.4 is 0 Å². The zero-order valence-electron chi connectivity index (χ0n) is 9.76. The molecule has 1 saturated carbocycles. The fourth-order valence-electron chi connectivity index (χ4n) is 2.31. The van der Waals surface area contributed by atoms with Crippen molar-refractivity contribution in [2.75, 3.05) is 12.5 Å². The fourth-order valence-corrected chi connectivity index (χ4v) is 2.44. The second-order valence-electron chi connectivity index (χ2n) is 4.23. The summed E-state index contributed by atoms with van der Waals surface area (Å²) in [6.07, 6.45) is 4.16. The Morgan fingerprint density at radius 3 is 2.81 bits per heavy atom. The van der Waals surface area contributed by atoms with Crippen molar-refractivity contribution >= 4 is 23.4 Å². The van der Waals surface area contributed by atoms with Crippen molar-refractivity contribution < 1.29 is 14.3 Å². The Morgan fingerprint density at radius 2 is 2.25 bits per heavy atom. The maximum Gasteiger partial charge on any atom is 0.319 e. The third-order valence-electron chi connectivity index (χ3n) is 3.19. The van der Waals surface area contributed by atoms with E-state index in [-0.39, 0.29) is 11.8 Å². The molecule has 0 spiro atoms. The quantitative estimate of drug-likeness (QED) is 0.426. The van der Waals surface area contributed by atoms with Crippen LogP contribution in [-0.2, 0) is 14.3 Å². The van der Waals surface area contributed by atoms with E-state index in [4.69, 9.17) is 16.3 Å². The van der Waals surface area contributed by atoms with Crippen LogP contribution in [0.4, 0.5) is 0 Å². The van der Waals surface area contributed by atoms with Crippen molar-refractivity contribution in [1.29, 1.82) is 0 Å². The van der Waals surface area contributed by atoms with E-state index in [1.165, 1.54) is 0 Å². The molecule has 0 heterocycles. The van der Waals surface area contributed by atoms with Crippen LogP contribution in [0, 0.1) is 5.41 Å². The Hall–Kier alpha value is -0.570. The van der Waals surface area contributed by atoms with Crippen molar-refractivity contribution in [3.05, 3.63) is 0 Å². The molecule has 0 aromatic carbocycles. The molecule has 0 aliphatic heterocycles. The molecule has 3 nitrogen and oxygen atoms in total. The van der Waals surface area contributed by atoms with Crippen LogP contribution in [-0.4, -0.2) is 24.2 Å². The molecule has 16 heavy (non-hydrogen) atoms. The molecule has 4 heteroatoms. The van der Waals surface area contributed by atoms with Gasteiger partial charge in [0.15, 0.2) is 0 Å². The summed E-state index contributed by atoms with van der Waals surface area (Å²) in [4.78, 5) is 23.9. The maximum absolute atomic E-state index is 12.0. The Labute approximate surface area is 101 Å². The van der Waals surface area contributed by atoms with E-state index >= 15 is 0 Å². The maximum atomic E-state index is 12.0. The van der Waals surface area contributed by atoms with Gasteiger partial charge in [-0.2, -0.15) is 0 Å². The first kappa shape index (κ1) is 13.5. The van der Waals surface area contributed by atoms with Gasteiger partial charge in [0.2, 0.25) is 0 Å². The highest BCUT2D eigenvalue weighted by Gasteiger charge is 2.47. The number of rotatable bonds is 5. The third kappa shape index (κ3) is 2.76. The van der Waals surface area contributed by atoms with Gasteiger partial charge in [-0.15, -0.1) is 11.6 Å². The Bertz CT molecular complexity index is 265. The molecule has 1 aliphatic rings. The second kappa shape index (κ2) is 6.24. The van der Waals surface area contributed by atoms with Crippen LogP contribution in [0.5, 0.6) is 0 Å². The van der Waals surface area contributed by atoms with Crippen LogP contribution >= 0.6 is 11.6 Å². The largest absolute Gasteiger partial charge is 0.465 e. The van der Waals surface area contributed by atoms with Crippen LogP contribution in [0.3, 0.4) is 0 Å². The van der Waals surface area contributed by atoms with Crippen LogP contribution in [0.25, 0.3) is 0 Å². The van der Waals surface area contributed by atoms with E-state index < -0.39 is 5.41 Å². The highest BCUT2D eigenvalue weighted by atomic mass is 35.5. The predicted octanol–water partition coefficient (Wildman–Crippen LogP) is 2.70. The average molecular weight is 247 g/mol. The molecule has 0 bridgehead atoms. The molecule has 1 atom stereocenters. The summed E-state index contributed by atoms with van der Waals surface area (Å²) in [5, 5.41) is 0. The summed E-state index contributed by atoms with van der Waals surface area (Å²) < 4.78 is 5.05. The lowest BCUT2D eigenvalue weighted by Crippen LogP contribution is -2.43. The van der Waals surface area contributed by atoms with E-state index in [0.717, 1.165) is 12.8 Å². The number of Topliss-reactive ketones (excluding diaryl/α,β-unsaturated/α-hetero) is 1. The summed E-state index contributed by atoms with van der Waals surface area (Å²) in [7, 11) is 0. The molecule has 0 saturated heterocycles. The number of alkyl halides is 1. The van der Waals surface area contributed by atoms with Gasteiger partial charge in [-0.25, -0.2) is 0 Å². The summed E-state index contributed by atoms with van der Waals surface area (Å²) >= 11 is 5.65. The van der Waals surface area contributed by atoms with E-state index in [1.54, 1.807) is 6.92 Å². The average Bonchev–Trinajstić information content (AvgIpc) is 2.28. The van der Waals surface area contributed by atoms with Crippen molar-refractivity contribution in [2.24, 2.45) is 5.41 Å². The molecule has 0 aromatic heterocycles. The summed E-state index contributed by atoms with van der Waals surface area (Å²) in [5.41, 5.74) is -0.886. The minimum atomic E-state index is -0.886. The number of carbonyl (C=O) groups is 2. The summed E-state index contributed by atoms with van der Waals surface area (Å²) in [5.74, 6) is 0.182. The van der Waals surface area contributed by atoms with Gasteiger partial charge in [0.05, 0.1) is 6.61 Å². The van der Waals surface area contributed by atoms with Gasteiger partial charge in [-0.1, -0.05) is 6.42 Å². The molecule has 0 aromatic rings. The SMILES string of the molecule is CCOC(=O)C1(CCCCl)CCCCC1=O. The molecule has 92 valence electrons. The lowest BCUT2D eigenvalue weighted by molar-refractivity contribution is -0.162. The highest BCUT2D eigenvalue weighted by Crippen LogP contribution is 2.38. The van der Waals surface area contributed by atoms with Crippen LogP contribution in [0.2, 0.25) is 0 Å². The van der Waals surface area contributed by atoms with Crippen molar-refractivity contribution in [1.82, 2.24) is 0 Å². The van der Waals surface area contributed by atoms with Crippen molar-refractivity contribution in [3.63, 3.8) is 0 Å². The zero-order valence-corrected chi connectivity index (χ0v) is 10.5. The number of ketones is 1. The smallest absolute Gasteiger partial charge is 0.319 e. The lowest BCUT2D eigenvalue weighted by Gasteiger charge is -2.33. The molecule has 0 N–H and O–H groups in total. The Morgan fingerprint density at radius 1 is 1.50 bits per heavy atom. The minimum absolute atomic E-state index is 0.0438. The van der Waals surface area contributed by atoms with Crippen molar-refractivity contribution in [3.8, 4) is 0 Å². The first-order valence-corrected chi connectivity index (χ1v) is 6.47. The van der Waals surface area contributed by atoms with E-state index in [2.05, 4.69) is 0 Å². The topological polar surface area (TPSA) is 43.4 Å². The molecular weight excluding hydrogens is 228 g/mol. The Balaban J connectivity index is 2.81. The molecular formula is C12H19ClO3. The third-order valence-corrected chi connectivity index (χ3v) is 3.46.